The van der Waals surface area contributed by atoms with Crippen LogP contribution in [0, 0.1) is 0 Å². The molecule has 1 aromatic heterocycles. The number of benzene rings is 3. The zero-order valence-corrected chi connectivity index (χ0v) is 16.4. The first-order chi connectivity index (χ1) is 13.6. The summed E-state index contributed by atoms with van der Waals surface area (Å²) in [5.41, 5.74) is 2.34. The Morgan fingerprint density at radius 3 is 2.39 bits per heavy atom. The molecule has 0 atom stereocenters. The molecule has 0 radical (unpaired) electrons. The van der Waals surface area contributed by atoms with Gasteiger partial charge in [-0.25, -0.2) is 4.79 Å². The fourth-order valence-electron chi connectivity index (χ4n) is 3.09. The maximum absolute atomic E-state index is 12.7. The lowest BCUT2D eigenvalue weighted by atomic mass is 10.1. The van der Waals surface area contributed by atoms with Crippen molar-refractivity contribution in [3.05, 3.63) is 93.8 Å². The van der Waals surface area contributed by atoms with Gasteiger partial charge in [-0.15, -0.1) is 0 Å². The summed E-state index contributed by atoms with van der Waals surface area (Å²) in [5, 5.41) is 3.64. The molecule has 138 valence electrons. The van der Waals surface area contributed by atoms with E-state index < -0.39 is 5.69 Å². The van der Waals surface area contributed by atoms with Crippen molar-refractivity contribution in [1.29, 1.82) is 0 Å². The van der Waals surface area contributed by atoms with Gasteiger partial charge in [-0.2, -0.15) is 4.98 Å². The number of nitrogens with zero attached hydrogens (tertiary/aromatic N) is 2. The second-order valence-corrected chi connectivity index (χ2v) is 7.09. The van der Waals surface area contributed by atoms with E-state index in [2.05, 4.69) is 26.2 Å². The van der Waals surface area contributed by atoms with Crippen LogP contribution in [0.5, 0.6) is 0 Å². The van der Waals surface area contributed by atoms with E-state index in [1.54, 1.807) is 6.07 Å². The van der Waals surface area contributed by atoms with Gasteiger partial charge in [-0.1, -0.05) is 60.7 Å². The minimum absolute atomic E-state index is 0.122. The number of carbonyl (C=O) groups excluding carboxylic acids is 1. The van der Waals surface area contributed by atoms with Crippen molar-refractivity contribution in [3.8, 4) is 11.3 Å². The zero-order chi connectivity index (χ0) is 19.5. The summed E-state index contributed by atoms with van der Waals surface area (Å²) >= 11 is 3.40. The molecule has 3 aromatic carbocycles. The number of hydrogen-bond donors (Lipinski definition) is 1. The maximum atomic E-state index is 12.7. The summed E-state index contributed by atoms with van der Waals surface area (Å²) in [5.74, 6) is -0.298. The largest absolute Gasteiger partial charge is 0.349 e. The van der Waals surface area contributed by atoms with Crippen LogP contribution in [-0.2, 0) is 11.3 Å². The van der Waals surface area contributed by atoms with Gasteiger partial charge in [0.15, 0.2) is 0 Å². The molecule has 0 saturated carbocycles. The fraction of sp³-hybridized carbons (Fsp3) is 0.0455. The Morgan fingerprint density at radius 2 is 1.61 bits per heavy atom. The Kier molecular flexibility index (Phi) is 5.04. The van der Waals surface area contributed by atoms with Gasteiger partial charge >= 0.3 is 5.69 Å². The van der Waals surface area contributed by atoms with Gasteiger partial charge in [0.2, 0.25) is 5.91 Å². The van der Waals surface area contributed by atoms with E-state index in [0.29, 0.717) is 16.9 Å². The summed E-state index contributed by atoms with van der Waals surface area (Å²) in [6.45, 7) is -0.122. The molecular formula is C22H16BrN3O2. The molecule has 4 rings (SSSR count). The molecule has 28 heavy (non-hydrogen) atoms. The van der Waals surface area contributed by atoms with Gasteiger partial charge in [-0.3, -0.25) is 9.36 Å². The van der Waals surface area contributed by atoms with Gasteiger partial charge in [-0.05, 0) is 34.1 Å². The Bertz CT molecular complexity index is 1220. The van der Waals surface area contributed by atoms with Crippen LogP contribution in [0.4, 0.5) is 5.69 Å². The first-order valence-corrected chi connectivity index (χ1v) is 9.52. The lowest BCUT2D eigenvalue weighted by Crippen LogP contribution is -2.30. The van der Waals surface area contributed by atoms with Gasteiger partial charge in [0.1, 0.15) is 6.54 Å². The van der Waals surface area contributed by atoms with Crippen LogP contribution in [-0.4, -0.2) is 15.5 Å². The van der Waals surface area contributed by atoms with E-state index in [0.717, 1.165) is 15.4 Å². The average Bonchev–Trinajstić information content (AvgIpc) is 2.72. The Hall–Kier alpha value is -3.25. The molecule has 1 amide bonds. The van der Waals surface area contributed by atoms with E-state index in [9.17, 15) is 9.59 Å². The minimum atomic E-state index is -0.458. The van der Waals surface area contributed by atoms with E-state index in [4.69, 9.17) is 0 Å². The molecule has 0 bridgehead atoms. The number of amides is 1. The minimum Gasteiger partial charge on any atom is -0.324 e. The smallest absolute Gasteiger partial charge is 0.324 e. The zero-order valence-electron chi connectivity index (χ0n) is 14.8. The Morgan fingerprint density at radius 1 is 0.929 bits per heavy atom. The van der Waals surface area contributed by atoms with Crippen LogP contribution in [0.3, 0.4) is 0 Å². The van der Waals surface area contributed by atoms with Crippen LogP contribution in [0.25, 0.3) is 22.2 Å². The molecule has 0 spiro atoms. The highest BCUT2D eigenvalue weighted by Crippen LogP contribution is 2.25. The predicted molar refractivity (Wildman–Crippen MR) is 114 cm³/mol. The molecule has 1 heterocycles. The Labute approximate surface area is 169 Å². The number of rotatable bonds is 4. The van der Waals surface area contributed by atoms with E-state index in [1.807, 2.05) is 72.8 Å². The second-order valence-electron chi connectivity index (χ2n) is 6.24. The van der Waals surface area contributed by atoms with Crippen molar-refractivity contribution in [2.24, 2.45) is 0 Å². The third kappa shape index (κ3) is 3.59. The number of aromatic nitrogens is 2. The number of halogens is 1. The highest BCUT2D eigenvalue weighted by atomic mass is 79.9. The summed E-state index contributed by atoms with van der Waals surface area (Å²) < 4.78 is 2.17. The summed E-state index contributed by atoms with van der Waals surface area (Å²) in [7, 11) is 0. The van der Waals surface area contributed by atoms with Gasteiger partial charge in [0.25, 0.3) is 0 Å². The van der Waals surface area contributed by atoms with Crippen molar-refractivity contribution < 1.29 is 4.79 Å². The maximum Gasteiger partial charge on any atom is 0.349 e. The summed E-state index contributed by atoms with van der Waals surface area (Å²) in [6.07, 6.45) is 0. The van der Waals surface area contributed by atoms with Crippen molar-refractivity contribution in [2.75, 3.05) is 5.32 Å². The molecule has 0 unspecified atom stereocenters. The lowest BCUT2D eigenvalue weighted by molar-refractivity contribution is -0.116. The molecule has 0 aliphatic rings. The number of anilines is 1. The van der Waals surface area contributed by atoms with Crippen molar-refractivity contribution >= 4 is 38.4 Å². The highest BCUT2D eigenvalue weighted by Gasteiger charge is 2.14. The number of hydrogen-bond acceptors (Lipinski definition) is 3. The molecule has 4 aromatic rings. The molecular weight excluding hydrogens is 418 g/mol. The SMILES string of the molecule is O=C(Cn1c(=O)nc(-c2ccccc2)c2ccccc21)Nc1ccccc1Br. The summed E-state index contributed by atoms with van der Waals surface area (Å²) in [6, 6.07) is 24.4. The average molecular weight is 434 g/mol. The predicted octanol–water partition coefficient (Wildman–Crippen LogP) is 4.46. The highest BCUT2D eigenvalue weighted by molar-refractivity contribution is 9.10. The molecule has 0 aliphatic carbocycles. The third-order valence-electron chi connectivity index (χ3n) is 4.39. The monoisotopic (exact) mass is 433 g/mol. The fourth-order valence-corrected chi connectivity index (χ4v) is 3.48. The topological polar surface area (TPSA) is 64.0 Å². The van der Waals surface area contributed by atoms with Crippen molar-refractivity contribution in [3.63, 3.8) is 0 Å². The molecule has 0 fully saturated rings. The van der Waals surface area contributed by atoms with Gasteiger partial charge in [0, 0.05) is 15.4 Å². The second kappa shape index (κ2) is 7.78. The third-order valence-corrected chi connectivity index (χ3v) is 5.08. The molecule has 6 heteroatoms. The van der Waals surface area contributed by atoms with Crippen LogP contribution < -0.4 is 11.0 Å². The first-order valence-electron chi connectivity index (χ1n) is 8.73. The number of nitrogens with one attached hydrogen (secondary N) is 1. The molecule has 1 N–H and O–H groups in total. The quantitative estimate of drug-likeness (QED) is 0.516. The number of carbonyl (C=O) groups is 1. The van der Waals surface area contributed by atoms with Crippen LogP contribution in [0.2, 0.25) is 0 Å². The summed E-state index contributed by atoms with van der Waals surface area (Å²) in [4.78, 5) is 29.6. The van der Waals surface area contributed by atoms with Crippen LogP contribution in [0.1, 0.15) is 0 Å². The molecule has 0 saturated heterocycles. The van der Waals surface area contributed by atoms with E-state index in [1.165, 1.54) is 4.57 Å². The van der Waals surface area contributed by atoms with E-state index >= 15 is 0 Å². The van der Waals surface area contributed by atoms with Crippen molar-refractivity contribution in [2.45, 2.75) is 6.54 Å². The van der Waals surface area contributed by atoms with Gasteiger partial charge < -0.3 is 5.32 Å². The van der Waals surface area contributed by atoms with Crippen molar-refractivity contribution in [1.82, 2.24) is 9.55 Å². The van der Waals surface area contributed by atoms with E-state index in [-0.39, 0.29) is 12.5 Å². The lowest BCUT2D eigenvalue weighted by Gasteiger charge is -2.13. The van der Waals surface area contributed by atoms with Gasteiger partial charge in [0.05, 0.1) is 16.9 Å². The van der Waals surface area contributed by atoms with Crippen LogP contribution in [0.15, 0.2) is 88.1 Å². The molecule has 0 aliphatic heterocycles. The Balaban J connectivity index is 1.74. The molecule has 5 nitrogen and oxygen atoms in total. The number of fused-ring (bicyclic) bond motifs is 1. The standard InChI is InChI=1S/C22H16BrN3O2/c23-17-11-5-6-12-18(17)24-20(27)14-26-19-13-7-4-10-16(19)21(25-22(26)28)15-8-2-1-3-9-15/h1-13H,14H2,(H,24,27). The number of para-hydroxylation sites is 2. The first kappa shape index (κ1) is 18.1. The normalized spacial score (nSPS) is 10.8. The van der Waals surface area contributed by atoms with Crippen LogP contribution >= 0.6 is 15.9 Å².